The van der Waals surface area contributed by atoms with E-state index in [0.717, 1.165) is 17.1 Å². The zero-order chi connectivity index (χ0) is 31.9. The van der Waals surface area contributed by atoms with Gasteiger partial charge in [0.25, 0.3) is 0 Å². The van der Waals surface area contributed by atoms with E-state index in [2.05, 4.69) is 193 Å². The third-order valence-corrected chi connectivity index (χ3v) is 10.4. The summed E-state index contributed by atoms with van der Waals surface area (Å²) in [6, 6.07) is 68.0. The van der Waals surface area contributed by atoms with E-state index in [-0.39, 0.29) is 0 Å². The zero-order valence-electron chi connectivity index (χ0n) is 26.3. The highest BCUT2D eigenvalue weighted by Gasteiger charge is 2.14. The molecule has 1 aromatic heterocycles. The summed E-state index contributed by atoms with van der Waals surface area (Å²) in [6.07, 6.45) is 0. The molecule has 0 amide bonds. The molecule has 0 atom stereocenters. The summed E-state index contributed by atoms with van der Waals surface area (Å²) < 4.78 is 2.68. The zero-order valence-corrected chi connectivity index (χ0v) is 27.1. The van der Waals surface area contributed by atoms with Crippen molar-refractivity contribution in [2.75, 3.05) is 4.90 Å². The molecule has 0 aliphatic rings. The second kappa shape index (κ2) is 12.0. The molecule has 0 aliphatic carbocycles. The lowest BCUT2D eigenvalue weighted by Gasteiger charge is -2.26. The number of thiophene rings is 1. The van der Waals surface area contributed by atoms with Crippen LogP contribution < -0.4 is 4.90 Å². The Kier molecular flexibility index (Phi) is 7.07. The molecule has 0 saturated heterocycles. The van der Waals surface area contributed by atoms with Gasteiger partial charge in [0.1, 0.15) is 0 Å². The van der Waals surface area contributed by atoms with E-state index in [0.29, 0.717) is 0 Å². The van der Waals surface area contributed by atoms with E-state index in [4.69, 9.17) is 0 Å². The molecule has 0 radical (unpaired) electrons. The van der Waals surface area contributed by atoms with Crippen molar-refractivity contribution in [2.45, 2.75) is 0 Å². The second-order valence-corrected chi connectivity index (χ2v) is 13.3. The first kappa shape index (κ1) is 28.3. The predicted octanol–water partition coefficient (Wildman–Crippen LogP) is 13.7. The van der Waals surface area contributed by atoms with Gasteiger partial charge in [-0.1, -0.05) is 127 Å². The van der Waals surface area contributed by atoms with Gasteiger partial charge >= 0.3 is 0 Å². The summed E-state index contributed by atoms with van der Waals surface area (Å²) in [5.41, 5.74) is 10.7. The van der Waals surface area contributed by atoms with Crippen molar-refractivity contribution in [3.63, 3.8) is 0 Å². The Hall–Kier alpha value is -5.96. The van der Waals surface area contributed by atoms with Gasteiger partial charge in [-0.25, -0.2) is 0 Å². The minimum absolute atomic E-state index is 1.12. The number of anilines is 3. The molecule has 48 heavy (non-hydrogen) atoms. The molecule has 9 rings (SSSR count). The molecule has 0 unspecified atom stereocenters. The lowest BCUT2D eigenvalue weighted by atomic mass is 9.94. The molecule has 1 nitrogen and oxygen atoms in total. The van der Waals surface area contributed by atoms with E-state index in [1.54, 1.807) is 0 Å². The molecule has 9 aromatic rings. The topological polar surface area (TPSA) is 3.24 Å². The molecule has 0 saturated carbocycles. The first-order valence-corrected chi connectivity index (χ1v) is 17.2. The summed E-state index contributed by atoms with van der Waals surface area (Å²) in [6.45, 7) is 0. The van der Waals surface area contributed by atoms with Gasteiger partial charge in [-0.05, 0) is 105 Å². The Balaban J connectivity index is 1.06. The molecule has 8 aromatic carbocycles. The fourth-order valence-electron chi connectivity index (χ4n) is 6.87. The van der Waals surface area contributed by atoms with Crippen LogP contribution in [0.5, 0.6) is 0 Å². The number of benzene rings is 8. The first-order chi connectivity index (χ1) is 23.8. The van der Waals surface area contributed by atoms with Gasteiger partial charge in [0.2, 0.25) is 0 Å². The van der Waals surface area contributed by atoms with Crippen molar-refractivity contribution in [2.24, 2.45) is 0 Å². The third kappa shape index (κ3) is 5.13. The Labute approximate surface area is 284 Å². The van der Waals surface area contributed by atoms with Gasteiger partial charge in [-0.15, -0.1) is 11.3 Å². The Morgan fingerprint density at radius 2 is 0.854 bits per heavy atom. The highest BCUT2D eigenvalue weighted by molar-refractivity contribution is 7.25. The fraction of sp³-hybridized carbons (Fsp3) is 0. The van der Waals surface area contributed by atoms with Crippen molar-refractivity contribution >= 4 is 59.3 Å². The van der Waals surface area contributed by atoms with Crippen molar-refractivity contribution in [3.8, 4) is 33.4 Å². The number of hydrogen-bond acceptors (Lipinski definition) is 2. The standard InChI is InChI=1S/C46H31NS/c1-3-11-33(12-4-1)41-15-7-8-16-42(41)34-23-27-40(28-24-34)47(38-13-5-2-6-14-38)39-25-21-32(22-26-39)35-19-20-36-30-44-43-17-9-10-18-45(43)48-46(44)31-37(36)29-35/h1-31H. The van der Waals surface area contributed by atoms with Crippen LogP contribution >= 0.6 is 11.3 Å². The Bertz CT molecular complexity index is 2530. The summed E-state index contributed by atoms with van der Waals surface area (Å²) >= 11 is 1.87. The maximum atomic E-state index is 2.35. The smallest absolute Gasteiger partial charge is 0.0462 e. The lowest BCUT2D eigenvalue weighted by molar-refractivity contribution is 1.28. The molecule has 0 bridgehead atoms. The third-order valence-electron chi connectivity index (χ3n) is 9.26. The molecular formula is C46H31NS. The molecule has 1 heterocycles. The maximum Gasteiger partial charge on any atom is 0.0462 e. The van der Waals surface area contributed by atoms with Crippen LogP contribution in [-0.4, -0.2) is 0 Å². The molecule has 226 valence electrons. The SMILES string of the molecule is c1ccc(-c2ccccc2-c2ccc(N(c3ccccc3)c3ccc(-c4ccc5cc6c(cc5c4)sc4ccccc46)cc3)cc2)cc1. The van der Waals surface area contributed by atoms with E-state index >= 15 is 0 Å². The van der Waals surface area contributed by atoms with Gasteiger partial charge in [0.15, 0.2) is 0 Å². The van der Waals surface area contributed by atoms with Crippen LogP contribution in [0.2, 0.25) is 0 Å². The molecule has 0 N–H and O–H groups in total. The molecular weight excluding hydrogens is 599 g/mol. The van der Waals surface area contributed by atoms with Gasteiger partial charge in [0.05, 0.1) is 0 Å². The fourth-order valence-corrected chi connectivity index (χ4v) is 8.01. The molecule has 0 spiro atoms. The number of fused-ring (bicyclic) bond motifs is 4. The van der Waals surface area contributed by atoms with Crippen molar-refractivity contribution in [3.05, 3.63) is 188 Å². The van der Waals surface area contributed by atoms with E-state index in [1.165, 1.54) is 64.3 Å². The van der Waals surface area contributed by atoms with Crippen LogP contribution in [0.1, 0.15) is 0 Å². The average Bonchev–Trinajstić information content (AvgIpc) is 3.52. The van der Waals surface area contributed by atoms with Crippen LogP contribution in [0.3, 0.4) is 0 Å². The molecule has 2 heteroatoms. The minimum Gasteiger partial charge on any atom is -0.311 e. The maximum absolute atomic E-state index is 2.35. The number of hydrogen-bond donors (Lipinski definition) is 0. The van der Waals surface area contributed by atoms with Crippen LogP contribution in [0.15, 0.2) is 188 Å². The first-order valence-electron chi connectivity index (χ1n) is 16.3. The highest BCUT2D eigenvalue weighted by Crippen LogP contribution is 2.40. The normalized spacial score (nSPS) is 11.3. The number of rotatable bonds is 6. The quantitative estimate of drug-likeness (QED) is 0.177. The van der Waals surface area contributed by atoms with Crippen molar-refractivity contribution in [1.82, 2.24) is 0 Å². The van der Waals surface area contributed by atoms with Crippen LogP contribution in [0.25, 0.3) is 64.3 Å². The van der Waals surface area contributed by atoms with Gasteiger partial charge in [-0.2, -0.15) is 0 Å². The van der Waals surface area contributed by atoms with Crippen molar-refractivity contribution < 1.29 is 0 Å². The summed E-state index contributed by atoms with van der Waals surface area (Å²) in [5, 5.41) is 5.23. The average molecular weight is 630 g/mol. The van der Waals surface area contributed by atoms with E-state index < -0.39 is 0 Å². The predicted molar refractivity (Wildman–Crippen MR) is 208 cm³/mol. The number of para-hydroxylation sites is 1. The van der Waals surface area contributed by atoms with Crippen LogP contribution in [0, 0.1) is 0 Å². The van der Waals surface area contributed by atoms with Gasteiger partial charge < -0.3 is 4.90 Å². The van der Waals surface area contributed by atoms with E-state index in [1.807, 2.05) is 11.3 Å². The van der Waals surface area contributed by atoms with Gasteiger partial charge in [-0.3, -0.25) is 0 Å². The van der Waals surface area contributed by atoms with Crippen molar-refractivity contribution in [1.29, 1.82) is 0 Å². The van der Waals surface area contributed by atoms with Crippen LogP contribution in [-0.2, 0) is 0 Å². The summed E-state index contributed by atoms with van der Waals surface area (Å²) in [5.74, 6) is 0. The monoisotopic (exact) mass is 629 g/mol. The Morgan fingerprint density at radius 1 is 0.312 bits per heavy atom. The Morgan fingerprint density at radius 3 is 1.56 bits per heavy atom. The largest absolute Gasteiger partial charge is 0.311 e. The van der Waals surface area contributed by atoms with Crippen LogP contribution in [0.4, 0.5) is 17.1 Å². The van der Waals surface area contributed by atoms with Gasteiger partial charge in [0, 0.05) is 37.2 Å². The molecule has 0 fully saturated rings. The second-order valence-electron chi connectivity index (χ2n) is 12.2. The minimum atomic E-state index is 1.12. The summed E-state index contributed by atoms with van der Waals surface area (Å²) in [7, 11) is 0. The number of nitrogens with zero attached hydrogens (tertiary/aromatic N) is 1. The highest BCUT2D eigenvalue weighted by atomic mass is 32.1. The molecule has 0 aliphatic heterocycles. The summed E-state index contributed by atoms with van der Waals surface area (Å²) in [4.78, 5) is 2.33. The van der Waals surface area contributed by atoms with E-state index in [9.17, 15) is 0 Å². The lowest BCUT2D eigenvalue weighted by Crippen LogP contribution is -2.09.